The van der Waals surface area contributed by atoms with Crippen LogP contribution in [0.15, 0.2) is 161 Å². The summed E-state index contributed by atoms with van der Waals surface area (Å²) in [5.74, 6) is 1.28. The highest BCUT2D eigenvalue weighted by molar-refractivity contribution is 6.20. The summed E-state index contributed by atoms with van der Waals surface area (Å²) >= 11 is 0. The summed E-state index contributed by atoms with van der Waals surface area (Å²) in [6.07, 6.45) is 0. The third-order valence-corrected chi connectivity index (χ3v) is 8.58. The van der Waals surface area contributed by atoms with Gasteiger partial charge in [-0.3, -0.25) is 9.98 Å². The van der Waals surface area contributed by atoms with Crippen molar-refractivity contribution >= 4 is 39.9 Å². The normalized spacial score (nSPS) is 14.1. The summed E-state index contributed by atoms with van der Waals surface area (Å²) in [5.41, 5.74) is 10.2. The molecule has 1 aliphatic rings. The van der Waals surface area contributed by atoms with Crippen LogP contribution in [0.5, 0.6) is 5.75 Å². The second kappa shape index (κ2) is 11.8. The monoisotopic (exact) mass is 604 g/mol. The quantitative estimate of drug-likeness (QED) is 0.177. The van der Waals surface area contributed by atoms with E-state index < -0.39 is 0 Å². The van der Waals surface area contributed by atoms with E-state index in [0.29, 0.717) is 35.0 Å². The van der Waals surface area contributed by atoms with Crippen molar-refractivity contribution in [2.24, 2.45) is 9.98 Å². The van der Waals surface area contributed by atoms with Gasteiger partial charge in [0.25, 0.3) is 0 Å². The molecule has 0 fully saturated rings. The van der Waals surface area contributed by atoms with Crippen LogP contribution in [0.1, 0.15) is 22.3 Å². The van der Waals surface area contributed by atoms with Gasteiger partial charge in [-0.1, -0.05) is 97.1 Å². The van der Waals surface area contributed by atoms with Gasteiger partial charge in [0.05, 0.1) is 29.2 Å². The maximum atomic E-state index is 9.43. The maximum absolute atomic E-state index is 9.43. The van der Waals surface area contributed by atoms with Crippen LogP contribution in [0.4, 0.5) is 0 Å². The lowest BCUT2D eigenvalue weighted by Gasteiger charge is -2.11. The number of para-hydroxylation sites is 2. The summed E-state index contributed by atoms with van der Waals surface area (Å²) in [6.45, 7) is 4.26. The summed E-state index contributed by atoms with van der Waals surface area (Å²) in [5, 5.41) is 11.9. The molecule has 1 aliphatic heterocycles. The maximum Gasteiger partial charge on any atom is 0.179 e. The van der Waals surface area contributed by atoms with Gasteiger partial charge >= 0.3 is 0 Å². The summed E-state index contributed by atoms with van der Waals surface area (Å²) in [4.78, 5) is 9.48. The Labute approximate surface area is 272 Å². The summed E-state index contributed by atoms with van der Waals surface area (Å²) in [6, 6.07) is 51.6. The Morgan fingerprint density at radius 2 is 1.40 bits per heavy atom. The van der Waals surface area contributed by atoms with Crippen molar-refractivity contribution in [3.05, 3.63) is 174 Å². The number of hydrogen-bond donors (Lipinski definition) is 0. The van der Waals surface area contributed by atoms with E-state index >= 15 is 0 Å². The van der Waals surface area contributed by atoms with Gasteiger partial charge in [-0.2, -0.15) is 5.26 Å². The number of aromatic nitrogens is 1. The fourth-order valence-corrected chi connectivity index (χ4v) is 6.41. The van der Waals surface area contributed by atoms with Crippen LogP contribution in [0.25, 0.3) is 44.3 Å². The van der Waals surface area contributed by atoms with Crippen molar-refractivity contribution < 1.29 is 4.74 Å². The standard InChI is InChI=1S/C42H28N4O/c1-44-40(30-13-3-2-4-14-30)42-41(45-27-29-12-9-11-28(23-29)26-43)36-25-32(21-22-39(36)47-42)31-15-10-16-33(24-31)46-37-19-7-5-17-34(37)35-18-6-8-20-38(35)46/h2-25H,1,27H2/b42-40+,45-41?. The first-order valence-electron chi connectivity index (χ1n) is 15.4. The zero-order chi connectivity index (χ0) is 31.7. The highest BCUT2D eigenvalue weighted by Crippen LogP contribution is 2.39. The topological polar surface area (TPSA) is 62.7 Å². The molecule has 0 bridgehead atoms. The van der Waals surface area contributed by atoms with Crippen LogP contribution in [-0.4, -0.2) is 17.0 Å². The van der Waals surface area contributed by atoms with E-state index in [1.165, 1.54) is 21.8 Å². The van der Waals surface area contributed by atoms with Crippen LogP contribution in [-0.2, 0) is 6.54 Å². The highest BCUT2D eigenvalue weighted by atomic mass is 16.5. The molecule has 2 heterocycles. The number of hydrogen-bond acceptors (Lipinski definition) is 4. The van der Waals surface area contributed by atoms with Crippen molar-refractivity contribution in [1.82, 2.24) is 4.57 Å². The number of nitrogens with zero attached hydrogens (tertiary/aromatic N) is 4. The van der Waals surface area contributed by atoms with Crippen LogP contribution in [0.3, 0.4) is 0 Å². The predicted octanol–water partition coefficient (Wildman–Crippen LogP) is 9.77. The molecule has 0 N–H and O–H groups in total. The number of benzene rings is 6. The molecule has 0 spiro atoms. The molecule has 0 radical (unpaired) electrons. The third-order valence-electron chi connectivity index (χ3n) is 8.58. The molecule has 222 valence electrons. The Kier molecular flexibility index (Phi) is 7.01. The van der Waals surface area contributed by atoms with Crippen LogP contribution in [0.2, 0.25) is 0 Å². The van der Waals surface area contributed by atoms with Gasteiger partial charge in [-0.25, -0.2) is 0 Å². The number of aliphatic imine (C=N–C) groups is 2. The second-order valence-electron chi connectivity index (χ2n) is 11.4. The van der Waals surface area contributed by atoms with Gasteiger partial charge in [0, 0.05) is 27.6 Å². The van der Waals surface area contributed by atoms with Gasteiger partial charge in [0.2, 0.25) is 0 Å². The molecule has 0 amide bonds. The molecular formula is C42H28N4O. The van der Waals surface area contributed by atoms with E-state index in [1.807, 2.05) is 54.6 Å². The van der Waals surface area contributed by atoms with E-state index in [0.717, 1.165) is 33.5 Å². The SMILES string of the molecule is C=N/C(=C1/Oc2ccc(-c3cccc(-n4c5ccccc5c5ccccc54)c3)cc2C1=NCc1cccc(C#N)c1)c1ccccc1. The summed E-state index contributed by atoms with van der Waals surface area (Å²) in [7, 11) is 0. The Hall–Kier alpha value is -6.51. The molecular weight excluding hydrogens is 576 g/mol. The first kappa shape index (κ1) is 28.0. The molecule has 1 aromatic heterocycles. The molecule has 0 aliphatic carbocycles. The van der Waals surface area contributed by atoms with Gasteiger partial charge in [0.1, 0.15) is 17.2 Å². The summed E-state index contributed by atoms with van der Waals surface area (Å²) < 4.78 is 8.82. The Morgan fingerprint density at radius 1 is 0.702 bits per heavy atom. The van der Waals surface area contributed by atoms with Gasteiger partial charge in [0.15, 0.2) is 5.76 Å². The largest absolute Gasteiger partial charge is 0.452 e. The number of ether oxygens (including phenoxy) is 1. The van der Waals surface area contributed by atoms with Crippen molar-refractivity contribution in [3.63, 3.8) is 0 Å². The fourth-order valence-electron chi connectivity index (χ4n) is 6.41. The molecule has 5 heteroatoms. The zero-order valence-corrected chi connectivity index (χ0v) is 25.5. The molecule has 0 saturated heterocycles. The lowest BCUT2D eigenvalue weighted by atomic mass is 9.99. The first-order chi connectivity index (χ1) is 23.2. The smallest absolute Gasteiger partial charge is 0.179 e. The molecule has 0 atom stereocenters. The van der Waals surface area contributed by atoms with E-state index in [4.69, 9.17) is 9.73 Å². The third kappa shape index (κ3) is 4.99. The molecule has 5 nitrogen and oxygen atoms in total. The average molecular weight is 605 g/mol. The van der Waals surface area contributed by atoms with E-state index in [2.05, 4.69) is 107 Å². The number of rotatable bonds is 6. The first-order valence-corrected chi connectivity index (χ1v) is 15.4. The lowest BCUT2D eigenvalue weighted by Crippen LogP contribution is -2.05. The second-order valence-corrected chi connectivity index (χ2v) is 11.4. The Morgan fingerprint density at radius 3 is 2.15 bits per heavy atom. The molecule has 0 saturated carbocycles. The minimum Gasteiger partial charge on any atom is -0.452 e. The molecule has 8 rings (SSSR count). The lowest BCUT2D eigenvalue weighted by molar-refractivity contribution is 0.470. The van der Waals surface area contributed by atoms with E-state index in [1.54, 1.807) is 6.07 Å². The van der Waals surface area contributed by atoms with Gasteiger partial charge < -0.3 is 9.30 Å². The van der Waals surface area contributed by atoms with E-state index in [-0.39, 0.29) is 0 Å². The molecule has 0 unspecified atom stereocenters. The number of fused-ring (bicyclic) bond motifs is 4. The van der Waals surface area contributed by atoms with E-state index in [9.17, 15) is 5.26 Å². The predicted molar refractivity (Wildman–Crippen MR) is 191 cm³/mol. The minimum absolute atomic E-state index is 0.379. The van der Waals surface area contributed by atoms with Crippen molar-refractivity contribution in [3.8, 4) is 28.6 Å². The zero-order valence-electron chi connectivity index (χ0n) is 25.5. The Bertz CT molecular complexity index is 2390. The molecule has 7 aromatic rings. The molecule has 6 aromatic carbocycles. The minimum atomic E-state index is 0.379. The van der Waals surface area contributed by atoms with Crippen LogP contribution in [0, 0.1) is 11.3 Å². The highest BCUT2D eigenvalue weighted by Gasteiger charge is 2.29. The number of allylic oxidation sites excluding steroid dienone is 1. The van der Waals surface area contributed by atoms with Crippen LogP contribution < -0.4 is 4.74 Å². The van der Waals surface area contributed by atoms with Gasteiger partial charge in [-0.15, -0.1) is 0 Å². The van der Waals surface area contributed by atoms with Gasteiger partial charge in [-0.05, 0) is 71.9 Å². The average Bonchev–Trinajstić information content (AvgIpc) is 3.67. The van der Waals surface area contributed by atoms with Crippen molar-refractivity contribution in [2.75, 3.05) is 0 Å². The fraction of sp³-hybridized carbons (Fsp3) is 0.0238. The number of nitriles is 1. The van der Waals surface area contributed by atoms with Crippen LogP contribution >= 0.6 is 0 Å². The van der Waals surface area contributed by atoms with Crippen molar-refractivity contribution in [2.45, 2.75) is 6.54 Å². The molecule has 47 heavy (non-hydrogen) atoms. The van der Waals surface area contributed by atoms with Crippen molar-refractivity contribution in [1.29, 1.82) is 5.26 Å². The Balaban J connectivity index is 1.26.